The van der Waals surface area contributed by atoms with Crippen LogP contribution in [-0.4, -0.2) is 48.2 Å². The average Bonchev–Trinajstić information content (AvgIpc) is 2.38. The third kappa shape index (κ3) is 4.06. The summed E-state index contributed by atoms with van der Waals surface area (Å²) in [6.07, 6.45) is 9.04. The highest BCUT2D eigenvalue weighted by Crippen LogP contribution is 2.19. The molecule has 1 aromatic rings. The van der Waals surface area contributed by atoms with Gasteiger partial charge in [0.05, 0.1) is 12.3 Å². The van der Waals surface area contributed by atoms with Crippen LogP contribution in [0, 0.1) is 5.92 Å². The first-order valence-corrected chi connectivity index (χ1v) is 6.34. The molecule has 2 heterocycles. The van der Waals surface area contributed by atoms with Crippen molar-refractivity contribution in [3.8, 4) is 0 Å². The molecule has 2 rings (SSSR count). The van der Waals surface area contributed by atoms with Crippen LogP contribution in [0.1, 0.15) is 18.5 Å². The Morgan fingerprint density at radius 3 is 3.18 bits per heavy atom. The molecule has 0 bridgehead atoms. The Morgan fingerprint density at radius 2 is 2.41 bits per heavy atom. The predicted molar refractivity (Wildman–Crippen MR) is 66.8 cm³/mol. The van der Waals surface area contributed by atoms with Crippen LogP contribution in [-0.2, 0) is 11.2 Å². The second kappa shape index (κ2) is 6.67. The molecule has 0 radical (unpaired) electrons. The molecule has 1 aliphatic heterocycles. The van der Waals surface area contributed by atoms with Gasteiger partial charge in [-0.05, 0) is 31.7 Å². The Kier molecular flexibility index (Phi) is 4.88. The fraction of sp³-hybridized carbons (Fsp3) is 0.692. The first-order valence-electron chi connectivity index (χ1n) is 6.34. The van der Waals surface area contributed by atoms with E-state index in [-0.39, 0.29) is 0 Å². The minimum absolute atomic E-state index is 0.720. The Hall–Kier alpha value is -1.00. The summed E-state index contributed by atoms with van der Waals surface area (Å²) in [4.78, 5) is 11.0. The van der Waals surface area contributed by atoms with Gasteiger partial charge in [-0.2, -0.15) is 0 Å². The Morgan fingerprint density at radius 1 is 1.47 bits per heavy atom. The van der Waals surface area contributed by atoms with E-state index in [2.05, 4.69) is 14.9 Å². The van der Waals surface area contributed by atoms with Crippen molar-refractivity contribution in [2.75, 3.05) is 33.4 Å². The number of nitrogens with zero attached hydrogens (tertiary/aromatic N) is 3. The van der Waals surface area contributed by atoms with Gasteiger partial charge in [-0.1, -0.05) is 0 Å². The fourth-order valence-electron chi connectivity index (χ4n) is 2.47. The standard InChI is InChI=1S/C13H21N3O/c1-17-8-7-16-6-2-3-12(11-16)9-13-10-14-4-5-15-13/h4-5,10,12H,2-3,6-9,11H2,1H3. The second-order valence-electron chi connectivity index (χ2n) is 4.70. The molecule has 0 aromatic carbocycles. The maximum Gasteiger partial charge on any atom is 0.0589 e. The Bertz CT molecular complexity index is 318. The monoisotopic (exact) mass is 235 g/mol. The molecule has 1 aliphatic rings. The summed E-state index contributed by atoms with van der Waals surface area (Å²) >= 11 is 0. The van der Waals surface area contributed by atoms with E-state index >= 15 is 0 Å². The molecule has 0 amide bonds. The fourth-order valence-corrected chi connectivity index (χ4v) is 2.47. The highest BCUT2D eigenvalue weighted by Gasteiger charge is 2.20. The number of piperidine rings is 1. The van der Waals surface area contributed by atoms with Crippen molar-refractivity contribution in [2.45, 2.75) is 19.3 Å². The van der Waals surface area contributed by atoms with Crippen molar-refractivity contribution in [3.63, 3.8) is 0 Å². The van der Waals surface area contributed by atoms with Crippen LogP contribution in [0.2, 0.25) is 0 Å². The lowest BCUT2D eigenvalue weighted by atomic mass is 9.93. The van der Waals surface area contributed by atoms with Crippen molar-refractivity contribution in [2.24, 2.45) is 5.92 Å². The van der Waals surface area contributed by atoms with Crippen LogP contribution in [0.4, 0.5) is 0 Å². The lowest BCUT2D eigenvalue weighted by Gasteiger charge is -2.32. The molecule has 1 fully saturated rings. The lowest BCUT2D eigenvalue weighted by Crippen LogP contribution is -2.38. The predicted octanol–water partition coefficient (Wildman–Crippen LogP) is 1.38. The van der Waals surface area contributed by atoms with Crippen LogP contribution in [0.25, 0.3) is 0 Å². The zero-order valence-corrected chi connectivity index (χ0v) is 10.5. The van der Waals surface area contributed by atoms with Gasteiger partial charge in [0.2, 0.25) is 0 Å². The van der Waals surface area contributed by atoms with E-state index in [9.17, 15) is 0 Å². The molecule has 0 aliphatic carbocycles. The maximum absolute atomic E-state index is 5.13. The van der Waals surface area contributed by atoms with Crippen LogP contribution >= 0.6 is 0 Å². The number of methoxy groups -OCH3 is 1. The Labute approximate surface area is 103 Å². The first-order chi connectivity index (χ1) is 8.38. The summed E-state index contributed by atoms with van der Waals surface area (Å²) in [5, 5.41) is 0. The summed E-state index contributed by atoms with van der Waals surface area (Å²) in [6, 6.07) is 0. The summed E-state index contributed by atoms with van der Waals surface area (Å²) < 4.78 is 5.13. The van der Waals surface area contributed by atoms with Crippen LogP contribution in [0.5, 0.6) is 0 Å². The zero-order chi connectivity index (χ0) is 11.9. The van der Waals surface area contributed by atoms with E-state index < -0.39 is 0 Å². The molecule has 4 nitrogen and oxygen atoms in total. The van der Waals surface area contributed by atoms with E-state index in [1.165, 1.54) is 25.9 Å². The number of rotatable bonds is 5. The van der Waals surface area contributed by atoms with Crippen LogP contribution in [0.15, 0.2) is 18.6 Å². The largest absolute Gasteiger partial charge is 0.383 e. The molecule has 94 valence electrons. The van der Waals surface area contributed by atoms with E-state index in [0.717, 1.165) is 31.2 Å². The van der Waals surface area contributed by atoms with Crippen molar-refractivity contribution in [1.29, 1.82) is 0 Å². The highest BCUT2D eigenvalue weighted by molar-refractivity contribution is 4.97. The van der Waals surface area contributed by atoms with Gasteiger partial charge in [-0.15, -0.1) is 0 Å². The molecule has 0 N–H and O–H groups in total. The second-order valence-corrected chi connectivity index (χ2v) is 4.70. The number of hydrogen-bond donors (Lipinski definition) is 0. The SMILES string of the molecule is COCCN1CCCC(Cc2cnccn2)C1. The Balaban J connectivity index is 1.81. The summed E-state index contributed by atoms with van der Waals surface area (Å²) in [6.45, 7) is 4.26. The zero-order valence-electron chi connectivity index (χ0n) is 10.5. The highest BCUT2D eigenvalue weighted by atomic mass is 16.5. The quantitative estimate of drug-likeness (QED) is 0.773. The van der Waals surface area contributed by atoms with E-state index in [4.69, 9.17) is 4.74 Å². The molecule has 1 unspecified atom stereocenters. The molecule has 1 aromatic heterocycles. The lowest BCUT2D eigenvalue weighted by molar-refractivity contribution is 0.114. The van der Waals surface area contributed by atoms with Gasteiger partial charge < -0.3 is 9.64 Å². The third-order valence-electron chi connectivity index (χ3n) is 3.33. The van der Waals surface area contributed by atoms with Gasteiger partial charge in [0, 0.05) is 38.8 Å². The minimum atomic E-state index is 0.720. The number of likely N-dealkylation sites (tertiary alicyclic amines) is 1. The van der Waals surface area contributed by atoms with Crippen LogP contribution < -0.4 is 0 Å². The van der Waals surface area contributed by atoms with Gasteiger partial charge >= 0.3 is 0 Å². The van der Waals surface area contributed by atoms with Gasteiger partial charge in [0.15, 0.2) is 0 Å². The van der Waals surface area contributed by atoms with Crippen molar-refractivity contribution < 1.29 is 4.74 Å². The summed E-state index contributed by atoms with van der Waals surface area (Å²) in [7, 11) is 1.76. The summed E-state index contributed by atoms with van der Waals surface area (Å²) in [5.41, 5.74) is 1.12. The third-order valence-corrected chi connectivity index (χ3v) is 3.33. The molecule has 0 spiro atoms. The molecular weight excluding hydrogens is 214 g/mol. The summed E-state index contributed by atoms with van der Waals surface area (Å²) in [5.74, 6) is 0.720. The topological polar surface area (TPSA) is 38.2 Å². The molecule has 17 heavy (non-hydrogen) atoms. The van der Waals surface area contributed by atoms with Crippen molar-refractivity contribution in [1.82, 2.24) is 14.9 Å². The normalized spacial score (nSPS) is 21.6. The molecular formula is C13H21N3O. The van der Waals surface area contributed by atoms with Crippen molar-refractivity contribution >= 4 is 0 Å². The van der Waals surface area contributed by atoms with Crippen molar-refractivity contribution in [3.05, 3.63) is 24.3 Å². The van der Waals surface area contributed by atoms with Gasteiger partial charge in [-0.25, -0.2) is 0 Å². The minimum Gasteiger partial charge on any atom is -0.383 e. The van der Waals surface area contributed by atoms with E-state index in [0.29, 0.717) is 0 Å². The first kappa shape index (κ1) is 12.5. The smallest absolute Gasteiger partial charge is 0.0589 e. The molecule has 1 saturated heterocycles. The number of aromatic nitrogens is 2. The van der Waals surface area contributed by atoms with E-state index in [1.807, 2.05) is 6.20 Å². The average molecular weight is 235 g/mol. The molecule has 0 saturated carbocycles. The molecule has 1 atom stereocenters. The maximum atomic E-state index is 5.13. The van der Waals surface area contributed by atoms with Gasteiger partial charge in [0.25, 0.3) is 0 Å². The molecule has 4 heteroatoms. The number of hydrogen-bond acceptors (Lipinski definition) is 4. The van der Waals surface area contributed by atoms with Gasteiger partial charge in [0.1, 0.15) is 0 Å². The van der Waals surface area contributed by atoms with Crippen LogP contribution in [0.3, 0.4) is 0 Å². The van der Waals surface area contributed by atoms with E-state index in [1.54, 1.807) is 19.5 Å². The number of ether oxygens (including phenoxy) is 1. The van der Waals surface area contributed by atoms with Gasteiger partial charge in [-0.3, -0.25) is 9.97 Å².